The second kappa shape index (κ2) is 10.6. The molecule has 0 radical (unpaired) electrons. The van der Waals surface area contributed by atoms with E-state index < -0.39 is 0 Å². The Morgan fingerprint density at radius 2 is 2.13 bits per heavy atom. The number of ether oxygens (including phenoxy) is 2. The van der Waals surface area contributed by atoms with Crippen LogP contribution in [0.2, 0.25) is 0 Å². The molecule has 0 amide bonds. The quantitative estimate of drug-likeness (QED) is 0.471. The number of halogens is 1. The molecular weight excluding hydrogens is 309 g/mol. The van der Waals surface area contributed by atoms with Crippen LogP contribution in [0.5, 0.6) is 5.75 Å². The Morgan fingerprint density at radius 1 is 1.40 bits per heavy atom. The number of benzene rings is 1. The average molecular weight is 325 g/mol. The van der Waals surface area contributed by atoms with Crippen molar-refractivity contribution in [3.05, 3.63) is 29.8 Å². The zero-order valence-electron chi connectivity index (χ0n) is 9.25. The van der Waals surface area contributed by atoms with E-state index in [1.54, 1.807) is 0 Å². The van der Waals surface area contributed by atoms with E-state index in [1.165, 1.54) is 16.3 Å². The van der Waals surface area contributed by atoms with Crippen LogP contribution in [-0.2, 0) is 21.1 Å². The van der Waals surface area contributed by atoms with Crippen molar-refractivity contribution >= 4 is 13.6 Å². The summed E-state index contributed by atoms with van der Waals surface area (Å²) < 4.78 is 10.7. The van der Waals surface area contributed by atoms with E-state index in [9.17, 15) is 0 Å². The maximum atomic E-state index is 5.49. The fourth-order valence-electron chi connectivity index (χ4n) is 1.02. The summed E-state index contributed by atoms with van der Waals surface area (Å²) in [5.74, 6) is 0.915. The SMILES string of the molecule is CCOCCOc1cc[c-]cc1C.[Zn+][Br]. The van der Waals surface area contributed by atoms with Crippen LogP contribution in [0.25, 0.3) is 0 Å². The van der Waals surface area contributed by atoms with Crippen LogP contribution in [0.4, 0.5) is 0 Å². The third kappa shape index (κ3) is 7.05. The van der Waals surface area contributed by atoms with Gasteiger partial charge in [0, 0.05) is 12.4 Å². The van der Waals surface area contributed by atoms with Gasteiger partial charge in [0.15, 0.2) is 0 Å². The Balaban J connectivity index is 0.000000921. The Morgan fingerprint density at radius 3 is 2.73 bits per heavy atom. The molecule has 0 saturated carbocycles. The number of aryl methyl sites for hydroxylation is 1. The van der Waals surface area contributed by atoms with Gasteiger partial charge in [0.1, 0.15) is 6.61 Å². The Hall–Kier alpha value is 0.0834. The zero-order valence-corrected chi connectivity index (χ0v) is 13.8. The molecule has 0 fully saturated rings. The summed E-state index contributed by atoms with van der Waals surface area (Å²) in [5.41, 5.74) is 1.11. The fraction of sp³-hybridized carbons (Fsp3) is 0.455. The van der Waals surface area contributed by atoms with Gasteiger partial charge in [-0.1, -0.05) is 6.92 Å². The van der Waals surface area contributed by atoms with Crippen molar-refractivity contribution in [1.29, 1.82) is 0 Å². The summed E-state index contributed by atoms with van der Waals surface area (Å²) in [6, 6.07) is 8.67. The van der Waals surface area contributed by atoms with E-state index in [4.69, 9.17) is 9.47 Å². The molecule has 0 unspecified atom stereocenters. The fourth-order valence-corrected chi connectivity index (χ4v) is 1.02. The molecule has 1 rings (SSSR count). The van der Waals surface area contributed by atoms with Crippen molar-refractivity contribution < 1.29 is 25.8 Å². The predicted octanol–water partition coefficient (Wildman–Crippen LogP) is 3.05. The van der Waals surface area contributed by atoms with E-state index in [-0.39, 0.29) is 0 Å². The summed E-state index contributed by atoms with van der Waals surface area (Å²) in [7, 11) is 0. The summed E-state index contributed by atoms with van der Waals surface area (Å²) in [4.78, 5) is 0. The summed E-state index contributed by atoms with van der Waals surface area (Å²) in [6.07, 6.45) is 0. The van der Waals surface area contributed by atoms with Crippen LogP contribution in [0.15, 0.2) is 18.2 Å². The van der Waals surface area contributed by atoms with Crippen LogP contribution in [-0.4, -0.2) is 19.8 Å². The molecule has 0 aliphatic rings. The second-order valence-corrected chi connectivity index (χ2v) is 2.74. The van der Waals surface area contributed by atoms with Crippen molar-refractivity contribution in [3.63, 3.8) is 0 Å². The number of hydrogen-bond donors (Lipinski definition) is 0. The Labute approximate surface area is 108 Å². The first-order valence-electron chi connectivity index (χ1n) is 4.78. The van der Waals surface area contributed by atoms with Crippen LogP contribution in [0, 0.1) is 13.0 Å². The molecule has 0 saturated heterocycles. The summed E-state index contributed by atoms with van der Waals surface area (Å²) >= 11 is 4.25. The maximum absolute atomic E-state index is 5.49. The molecule has 0 heterocycles. The second-order valence-electron chi connectivity index (χ2n) is 2.74. The standard InChI is InChI=1S/C11H15O2.BrH.Zn/c1-3-12-8-9-13-11-7-5-4-6-10(11)2;;/h5-7H,3,8-9H2,1-2H3;1H;/q-1;;+2/p-1. The molecule has 0 aliphatic carbocycles. The van der Waals surface area contributed by atoms with E-state index in [2.05, 4.69) is 19.7 Å². The molecule has 4 heteroatoms. The molecule has 80 valence electrons. The minimum atomic E-state index is 0.610. The van der Waals surface area contributed by atoms with E-state index >= 15 is 0 Å². The van der Waals surface area contributed by atoms with E-state index in [0.29, 0.717) is 13.2 Å². The van der Waals surface area contributed by atoms with E-state index in [0.717, 1.165) is 17.9 Å². The predicted molar refractivity (Wildman–Crippen MR) is 60.9 cm³/mol. The van der Waals surface area contributed by atoms with Crippen LogP contribution >= 0.6 is 13.6 Å². The minimum absolute atomic E-state index is 0.610. The van der Waals surface area contributed by atoms with Crippen LogP contribution in [0.3, 0.4) is 0 Å². The molecule has 15 heavy (non-hydrogen) atoms. The molecule has 0 bridgehead atoms. The molecular formula is C11H15BrO2Zn. The molecule has 0 spiro atoms. The molecule has 0 aromatic heterocycles. The van der Waals surface area contributed by atoms with Gasteiger partial charge in [0.2, 0.25) is 0 Å². The molecule has 0 aliphatic heterocycles. The number of rotatable bonds is 5. The van der Waals surface area contributed by atoms with Crippen molar-refractivity contribution in [2.24, 2.45) is 0 Å². The summed E-state index contributed by atoms with van der Waals surface area (Å²) in [5, 5.41) is 0. The van der Waals surface area contributed by atoms with Crippen LogP contribution < -0.4 is 4.74 Å². The first-order chi connectivity index (χ1) is 7.34. The molecule has 0 N–H and O–H groups in total. The number of hydrogen-bond acceptors (Lipinski definition) is 2. The molecule has 1 aromatic carbocycles. The Bertz CT molecular complexity index is 256. The van der Waals surface area contributed by atoms with Gasteiger partial charge in [-0.25, -0.2) is 0 Å². The van der Waals surface area contributed by atoms with Gasteiger partial charge < -0.3 is 9.47 Å². The van der Waals surface area contributed by atoms with Gasteiger partial charge in [0.05, 0.1) is 6.61 Å². The topological polar surface area (TPSA) is 18.5 Å². The van der Waals surface area contributed by atoms with Crippen molar-refractivity contribution in [2.45, 2.75) is 13.8 Å². The third-order valence-corrected chi connectivity index (χ3v) is 1.71. The molecule has 2 nitrogen and oxygen atoms in total. The molecule has 0 atom stereocenters. The van der Waals surface area contributed by atoms with Gasteiger partial charge in [-0.2, -0.15) is 18.2 Å². The first-order valence-corrected chi connectivity index (χ1v) is 11.7. The summed E-state index contributed by atoms with van der Waals surface area (Å²) in [6.45, 7) is 5.98. The van der Waals surface area contributed by atoms with Crippen molar-refractivity contribution in [3.8, 4) is 5.75 Å². The van der Waals surface area contributed by atoms with Crippen molar-refractivity contribution in [1.82, 2.24) is 0 Å². The first kappa shape index (κ1) is 15.1. The normalized spacial score (nSPS) is 9.13. The zero-order chi connectivity index (χ0) is 11.5. The monoisotopic (exact) mass is 322 g/mol. The van der Waals surface area contributed by atoms with Crippen LogP contribution in [0.1, 0.15) is 12.5 Å². The van der Waals surface area contributed by atoms with Gasteiger partial charge in [-0.3, -0.25) is 0 Å². The third-order valence-electron chi connectivity index (χ3n) is 1.71. The van der Waals surface area contributed by atoms with Gasteiger partial charge >= 0.3 is 30.0 Å². The average Bonchev–Trinajstić information content (AvgIpc) is 2.29. The van der Waals surface area contributed by atoms with Gasteiger partial charge in [0.25, 0.3) is 0 Å². The van der Waals surface area contributed by atoms with E-state index in [1.807, 2.05) is 32.0 Å². The van der Waals surface area contributed by atoms with Gasteiger partial charge in [-0.05, 0) is 6.92 Å². The Kier molecular flexibility index (Phi) is 10.7. The van der Waals surface area contributed by atoms with Crippen molar-refractivity contribution in [2.75, 3.05) is 19.8 Å². The molecule has 1 aromatic rings. The van der Waals surface area contributed by atoms with Gasteiger partial charge in [-0.15, -0.1) is 11.6 Å².